The molecule has 3 heterocycles. The second-order valence-corrected chi connectivity index (χ2v) is 10.4. The molecule has 0 amide bonds. The highest BCUT2D eigenvalue weighted by Gasteiger charge is 2.34. The fourth-order valence-corrected chi connectivity index (χ4v) is 6.54. The van der Waals surface area contributed by atoms with Crippen LogP contribution in [0.4, 0.5) is 5.69 Å². The quantitative estimate of drug-likeness (QED) is 0.287. The monoisotopic (exact) mass is 539 g/mol. The Morgan fingerprint density at radius 3 is 2.69 bits per heavy atom. The summed E-state index contributed by atoms with van der Waals surface area (Å²) in [6.07, 6.45) is 3.12. The van der Waals surface area contributed by atoms with Crippen LogP contribution in [-0.2, 0) is 6.42 Å². The number of nitro benzene ring substituents is 1. The average Bonchev–Trinajstić information content (AvgIpc) is 3.54. The van der Waals surface area contributed by atoms with Gasteiger partial charge in [0.05, 0.1) is 39.9 Å². The lowest BCUT2D eigenvalue weighted by molar-refractivity contribution is -0.385. The Bertz CT molecular complexity index is 1900. The number of allylic oxidation sites excluding steroid dienone is 1. The fourth-order valence-electron chi connectivity index (χ4n) is 5.55. The normalized spacial score (nSPS) is 17.3. The Labute approximate surface area is 225 Å². The van der Waals surface area contributed by atoms with E-state index >= 15 is 0 Å². The maximum atomic E-state index is 14.0. The van der Waals surface area contributed by atoms with Gasteiger partial charge in [-0.3, -0.25) is 19.5 Å². The van der Waals surface area contributed by atoms with Crippen LogP contribution < -0.4 is 29.1 Å². The zero-order valence-electron chi connectivity index (χ0n) is 20.7. The maximum absolute atomic E-state index is 14.0. The van der Waals surface area contributed by atoms with Crippen molar-refractivity contribution < 1.29 is 19.1 Å². The summed E-state index contributed by atoms with van der Waals surface area (Å²) in [6, 6.07) is 18.3. The third kappa shape index (κ3) is 3.67. The van der Waals surface area contributed by atoms with Gasteiger partial charge in [0.2, 0.25) is 6.79 Å². The van der Waals surface area contributed by atoms with E-state index in [1.165, 1.54) is 29.0 Å². The number of methoxy groups -OCH3 is 1. The van der Waals surface area contributed by atoms with Crippen molar-refractivity contribution in [2.45, 2.75) is 18.9 Å². The number of aromatic nitrogens is 1. The molecule has 0 bridgehead atoms. The first-order valence-electron chi connectivity index (χ1n) is 12.4. The van der Waals surface area contributed by atoms with Gasteiger partial charge in [-0.1, -0.05) is 53.8 Å². The molecule has 9 nitrogen and oxygen atoms in total. The Balaban J connectivity index is 1.50. The lowest BCUT2D eigenvalue weighted by Crippen LogP contribution is -2.39. The molecule has 0 radical (unpaired) electrons. The highest BCUT2D eigenvalue weighted by molar-refractivity contribution is 7.07. The minimum Gasteiger partial charge on any atom is -0.496 e. The van der Waals surface area contributed by atoms with Gasteiger partial charge in [0.1, 0.15) is 5.75 Å². The Morgan fingerprint density at radius 1 is 1.10 bits per heavy atom. The molecule has 1 aliphatic carbocycles. The summed E-state index contributed by atoms with van der Waals surface area (Å²) in [4.78, 5) is 30.9. The van der Waals surface area contributed by atoms with Crippen molar-refractivity contribution in [3.05, 3.63) is 118 Å². The minimum atomic E-state index is -0.488. The van der Waals surface area contributed by atoms with Crippen molar-refractivity contribution in [2.75, 3.05) is 13.9 Å². The fraction of sp³-hybridized carbons (Fsp3) is 0.172. The van der Waals surface area contributed by atoms with E-state index in [-0.39, 0.29) is 23.6 Å². The molecule has 0 fully saturated rings. The Morgan fingerprint density at radius 2 is 1.87 bits per heavy atom. The van der Waals surface area contributed by atoms with Crippen molar-refractivity contribution in [3.8, 4) is 17.2 Å². The van der Waals surface area contributed by atoms with Gasteiger partial charge in [0.25, 0.3) is 11.2 Å². The minimum absolute atomic E-state index is 0.00986. The summed E-state index contributed by atoms with van der Waals surface area (Å²) in [7, 11) is 1.62. The number of rotatable bonds is 4. The molecular formula is C29H21N3O6S. The topological polar surface area (TPSA) is 105 Å². The highest BCUT2D eigenvalue weighted by atomic mass is 32.1. The first-order valence-corrected chi connectivity index (χ1v) is 13.2. The van der Waals surface area contributed by atoms with E-state index < -0.39 is 11.0 Å². The SMILES string of the molecule is COc1ccccc1[C@@H]1C2=C(N=c3s/c(=C/c4cc5c(cc4[N+](=O)[O-])OCO5)c(=O)n31)c1ccccc1CC2. The number of ether oxygens (including phenoxy) is 3. The zero-order chi connectivity index (χ0) is 26.7. The Kier molecular flexibility index (Phi) is 5.38. The van der Waals surface area contributed by atoms with Crippen LogP contribution in [0.3, 0.4) is 0 Å². The molecule has 0 saturated carbocycles. The van der Waals surface area contributed by atoms with Crippen LogP contribution in [0.2, 0.25) is 0 Å². The average molecular weight is 540 g/mol. The van der Waals surface area contributed by atoms with E-state index in [0.717, 1.165) is 35.2 Å². The second-order valence-electron chi connectivity index (χ2n) is 9.38. The van der Waals surface area contributed by atoms with Crippen LogP contribution in [-0.4, -0.2) is 23.4 Å². The molecule has 1 aromatic heterocycles. The summed E-state index contributed by atoms with van der Waals surface area (Å²) in [5.41, 5.74) is 4.88. The lowest BCUT2D eigenvalue weighted by Gasteiger charge is -2.31. The number of aryl methyl sites for hydroxylation is 1. The van der Waals surface area contributed by atoms with Crippen molar-refractivity contribution in [3.63, 3.8) is 0 Å². The second kappa shape index (κ2) is 8.95. The third-order valence-corrected chi connectivity index (χ3v) is 8.29. The van der Waals surface area contributed by atoms with Crippen molar-refractivity contribution in [2.24, 2.45) is 4.99 Å². The number of nitro groups is 1. The zero-order valence-corrected chi connectivity index (χ0v) is 21.6. The molecule has 194 valence electrons. The van der Waals surface area contributed by atoms with Gasteiger partial charge in [0.15, 0.2) is 16.3 Å². The van der Waals surface area contributed by atoms with Crippen LogP contribution in [0.25, 0.3) is 11.8 Å². The molecular weight excluding hydrogens is 518 g/mol. The van der Waals surface area contributed by atoms with Gasteiger partial charge in [-0.15, -0.1) is 0 Å². The third-order valence-electron chi connectivity index (χ3n) is 7.31. The van der Waals surface area contributed by atoms with Crippen LogP contribution in [0.5, 0.6) is 17.2 Å². The molecule has 0 saturated heterocycles. The summed E-state index contributed by atoms with van der Waals surface area (Å²) in [5, 5.41) is 11.9. The van der Waals surface area contributed by atoms with Gasteiger partial charge in [-0.05, 0) is 42.2 Å². The standard InChI is InChI=1S/C29H21N3O6S/c1-36-22-9-5-4-8-19(22)27-20-11-10-16-6-2-3-7-18(16)26(20)30-29-31(27)28(33)25(39-29)13-17-12-23-24(38-15-37-23)14-21(17)32(34)35/h2-9,12-14,27H,10-11,15H2,1H3/b25-13+/t27-/m1/s1. The molecule has 0 spiro atoms. The summed E-state index contributed by atoms with van der Waals surface area (Å²) in [5.74, 6) is 1.39. The molecule has 3 aliphatic rings. The van der Waals surface area contributed by atoms with Crippen LogP contribution in [0.15, 0.2) is 76.0 Å². The smallest absolute Gasteiger partial charge is 0.280 e. The van der Waals surface area contributed by atoms with E-state index in [2.05, 4.69) is 12.1 Å². The molecule has 7 rings (SSSR count). The lowest BCUT2D eigenvalue weighted by atomic mass is 9.83. The molecule has 2 aliphatic heterocycles. The van der Waals surface area contributed by atoms with E-state index in [9.17, 15) is 14.9 Å². The van der Waals surface area contributed by atoms with Gasteiger partial charge < -0.3 is 14.2 Å². The predicted octanol–water partition coefficient (Wildman–Crippen LogP) is 3.96. The summed E-state index contributed by atoms with van der Waals surface area (Å²) >= 11 is 1.21. The van der Waals surface area contributed by atoms with E-state index in [1.54, 1.807) is 17.8 Å². The highest BCUT2D eigenvalue weighted by Crippen LogP contribution is 2.43. The molecule has 39 heavy (non-hydrogen) atoms. The molecule has 3 aromatic carbocycles. The van der Waals surface area contributed by atoms with Crippen molar-refractivity contribution >= 4 is 28.8 Å². The first-order chi connectivity index (χ1) is 19.0. The van der Waals surface area contributed by atoms with Gasteiger partial charge >= 0.3 is 0 Å². The molecule has 0 unspecified atom stereocenters. The largest absolute Gasteiger partial charge is 0.496 e. The van der Waals surface area contributed by atoms with Gasteiger partial charge in [-0.25, -0.2) is 4.99 Å². The molecule has 0 N–H and O–H groups in total. The first kappa shape index (κ1) is 23.4. The van der Waals surface area contributed by atoms with E-state index in [4.69, 9.17) is 19.2 Å². The van der Waals surface area contributed by atoms with Crippen LogP contribution in [0.1, 0.15) is 34.7 Å². The summed E-state index contributed by atoms with van der Waals surface area (Å²) in [6.45, 7) is -0.00986. The van der Waals surface area contributed by atoms with E-state index in [0.29, 0.717) is 26.6 Å². The number of hydrogen-bond acceptors (Lipinski definition) is 8. The molecule has 1 atom stereocenters. The van der Waals surface area contributed by atoms with Crippen molar-refractivity contribution in [1.29, 1.82) is 0 Å². The van der Waals surface area contributed by atoms with Crippen LogP contribution >= 0.6 is 11.3 Å². The van der Waals surface area contributed by atoms with Crippen molar-refractivity contribution in [1.82, 2.24) is 4.57 Å². The number of fused-ring (bicyclic) bond motifs is 4. The predicted molar refractivity (Wildman–Crippen MR) is 145 cm³/mol. The Hall–Kier alpha value is -4.70. The van der Waals surface area contributed by atoms with Gasteiger partial charge in [-0.2, -0.15) is 0 Å². The number of nitrogens with zero attached hydrogens (tertiary/aromatic N) is 3. The summed E-state index contributed by atoms with van der Waals surface area (Å²) < 4.78 is 18.5. The number of hydrogen-bond donors (Lipinski definition) is 0. The van der Waals surface area contributed by atoms with Crippen LogP contribution in [0, 0.1) is 10.1 Å². The number of para-hydroxylation sites is 1. The number of thiazole rings is 1. The maximum Gasteiger partial charge on any atom is 0.280 e. The van der Waals surface area contributed by atoms with Gasteiger partial charge in [0, 0.05) is 11.1 Å². The number of benzene rings is 3. The van der Waals surface area contributed by atoms with E-state index in [1.807, 2.05) is 36.4 Å². The molecule has 4 aromatic rings. The molecule has 10 heteroatoms.